The normalized spacial score (nSPS) is 10.3. The molecular weight excluding hydrogens is 309 g/mol. The molecule has 0 spiro atoms. The third-order valence-corrected chi connectivity index (χ3v) is 3.30. The summed E-state index contributed by atoms with van der Waals surface area (Å²) in [6.07, 6.45) is 1.70. The molecule has 2 heterocycles. The summed E-state index contributed by atoms with van der Waals surface area (Å²) in [6.45, 7) is 0. The summed E-state index contributed by atoms with van der Waals surface area (Å²) < 4.78 is 18.7. The maximum Gasteiger partial charge on any atom is 0.225 e. The Labute approximate surface area is 138 Å². The third kappa shape index (κ3) is 3.40. The number of anilines is 3. The van der Waals surface area contributed by atoms with E-state index in [1.807, 2.05) is 18.2 Å². The van der Waals surface area contributed by atoms with Gasteiger partial charge in [-0.05, 0) is 24.3 Å². The number of benzene rings is 1. The summed E-state index contributed by atoms with van der Waals surface area (Å²) in [5.41, 5.74) is 1.94. The monoisotopic (exact) mass is 325 g/mol. The summed E-state index contributed by atoms with van der Waals surface area (Å²) in [4.78, 5) is 13.0. The van der Waals surface area contributed by atoms with Gasteiger partial charge in [-0.25, -0.2) is 9.37 Å². The first kappa shape index (κ1) is 15.7. The number of halogens is 1. The van der Waals surface area contributed by atoms with Gasteiger partial charge in [0.25, 0.3) is 0 Å². The molecule has 2 N–H and O–H groups in total. The second-order valence-electron chi connectivity index (χ2n) is 4.90. The first-order chi connectivity index (χ1) is 11.7. The quantitative estimate of drug-likeness (QED) is 0.748. The highest BCUT2D eigenvalue weighted by Crippen LogP contribution is 2.25. The predicted octanol–water partition coefficient (Wildman–Crippen LogP) is 3.47. The van der Waals surface area contributed by atoms with Crippen molar-refractivity contribution in [3.05, 3.63) is 54.5 Å². The van der Waals surface area contributed by atoms with Crippen LogP contribution < -0.4 is 15.4 Å². The molecule has 122 valence electrons. The van der Waals surface area contributed by atoms with Crippen LogP contribution in [0.1, 0.15) is 0 Å². The van der Waals surface area contributed by atoms with Gasteiger partial charge >= 0.3 is 0 Å². The van der Waals surface area contributed by atoms with Crippen molar-refractivity contribution in [3.8, 4) is 17.1 Å². The van der Waals surface area contributed by atoms with Gasteiger partial charge in [-0.15, -0.1) is 0 Å². The molecule has 0 saturated heterocycles. The van der Waals surface area contributed by atoms with E-state index in [0.29, 0.717) is 23.1 Å². The number of methoxy groups -OCH3 is 1. The number of ether oxygens (including phenoxy) is 1. The molecule has 0 aliphatic carbocycles. The third-order valence-electron chi connectivity index (χ3n) is 3.30. The van der Waals surface area contributed by atoms with Gasteiger partial charge in [-0.2, -0.15) is 4.98 Å². The van der Waals surface area contributed by atoms with Gasteiger partial charge in [0.1, 0.15) is 5.82 Å². The van der Waals surface area contributed by atoms with Crippen LogP contribution in [0.5, 0.6) is 5.75 Å². The highest BCUT2D eigenvalue weighted by molar-refractivity contribution is 5.65. The number of aromatic nitrogens is 3. The number of pyridine rings is 1. The first-order valence-electron chi connectivity index (χ1n) is 7.28. The Balaban J connectivity index is 1.94. The molecule has 6 nitrogen and oxygen atoms in total. The van der Waals surface area contributed by atoms with Crippen molar-refractivity contribution >= 4 is 17.5 Å². The molecule has 3 aromatic rings. The summed E-state index contributed by atoms with van der Waals surface area (Å²) >= 11 is 0. The number of nitrogens with zero attached hydrogens (tertiary/aromatic N) is 3. The summed E-state index contributed by atoms with van der Waals surface area (Å²) in [6, 6.07) is 11.9. The lowest BCUT2D eigenvalue weighted by Gasteiger charge is -2.10. The van der Waals surface area contributed by atoms with E-state index >= 15 is 0 Å². The van der Waals surface area contributed by atoms with E-state index in [2.05, 4.69) is 25.6 Å². The standard InChI is InChI=1S/C17H16FN5O/c1-19-17-22-14(13-5-3-4-8-20-13)10-16(23-17)21-11-6-7-15(24-2)12(18)9-11/h3-10H,1-2H3,(H2,19,21,22,23). The largest absolute Gasteiger partial charge is 0.494 e. The van der Waals surface area contributed by atoms with Gasteiger partial charge in [0, 0.05) is 31.1 Å². The minimum atomic E-state index is -0.449. The Morgan fingerprint density at radius 3 is 2.58 bits per heavy atom. The lowest BCUT2D eigenvalue weighted by Crippen LogP contribution is -2.03. The van der Waals surface area contributed by atoms with Crippen molar-refractivity contribution in [1.29, 1.82) is 0 Å². The molecule has 0 radical (unpaired) electrons. The van der Waals surface area contributed by atoms with Crippen molar-refractivity contribution in [2.45, 2.75) is 0 Å². The molecule has 1 aromatic carbocycles. The molecule has 0 atom stereocenters. The van der Waals surface area contributed by atoms with E-state index in [1.54, 1.807) is 31.4 Å². The molecule has 0 unspecified atom stereocenters. The van der Waals surface area contributed by atoms with Gasteiger partial charge in [0.05, 0.1) is 18.5 Å². The van der Waals surface area contributed by atoms with Crippen LogP contribution in [0.25, 0.3) is 11.4 Å². The minimum Gasteiger partial charge on any atom is -0.494 e. The van der Waals surface area contributed by atoms with Crippen LogP contribution in [0.4, 0.5) is 21.8 Å². The van der Waals surface area contributed by atoms with E-state index < -0.39 is 5.82 Å². The van der Waals surface area contributed by atoms with Crippen LogP contribution in [-0.4, -0.2) is 29.1 Å². The number of nitrogens with one attached hydrogen (secondary N) is 2. The zero-order chi connectivity index (χ0) is 16.9. The Hall–Kier alpha value is -3.22. The summed E-state index contributed by atoms with van der Waals surface area (Å²) in [5, 5.41) is 5.98. The lowest BCUT2D eigenvalue weighted by atomic mass is 10.2. The average Bonchev–Trinajstić information content (AvgIpc) is 2.62. The van der Waals surface area contributed by atoms with Crippen LogP contribution in [0, 0.1) is 5.82 Å². The van der Waals surface area contributed by atoms with Gasteiger partial charge in [0.15, 0.2) is 11.6 Å². The Morgan fingerprint density at radius 2 is 1.92 bits per heavy atom. The molecule has 2 aromatic heterocycles. The first-order valence-corrected chi connectivity index (χ1v) is 7.28. The van der Waals surface area contributed by atoms with E-state index in [1.165, 1.54) is 13.2 Å². The lowest BCUT2D eigenvalue weighted by molar-refractivity contribution is 0.386. The Morgan fingerprint density at radius 1 is 1.04 bits per heavy atom. The van der Waals surface area contributed by atoms with E-state index in [-0.39, 0.29) is 5.75 Å². The maximum atomic E-state index is 13.8. The fourth-order valence-corrected chi connectivity index (χ4v) is 2.16. The topological polar surface area (TPSA) is 72.0 Å². The minimum absolute atomic E-state index is 0.188. The van der Waals surface area contributed by atoms with Gasteiger partial charge in [-0.3, -0.25) is 4.98 Å². The number of hydrogen-bond acceptors (Lipinski definition) is 6. The van der Waals surface area contributed by atoms with Crippen LogP contribution in [0.2, 0.25) is 0 Å². The molecule has 0 amide bonds. The van der Waals surface area contributed by atoms with E-state index in [4.69, 9.17) is 4.74 Å². The van der Waals surface area contributed by atoms with Crippen molar-refractivity contribution < 1.29 is 9.13 Å². The molecule has 3 rings (SSSR count). The molecule has 7 heteroatoms. The number of hydrogen-bond donors (Lipinski definition) is 2. The number of rotatable bonds is 5. The van der Waals surface area contributed by atoms with Crippen molar-refractivity contribution in [2.24, 2.45) is 0 Å². The summed E-state index contributed by atoms with van der Waals surface area (Å²) in [7, 11) is 3.16. The zero-order valence-corrected chi connectivity index (χ0v) is 13.2. The fraction of sp³-hybridized carbons (Fsp3) is 0.118. The van der Waals surface area contributed by atoms with Crippen molar-refractivity contribution in [2.75, 3.05) is 24.8 Å². The fourth-order valence-electron chi connectivity index (χ4n) is 2.16. The molecule has 0 aliphatic heterocycles. The zero-order valence-electron chi connectivity index (χ0n) is 13.2. The summed E-state index contributed by atoms with van der Waals surface area (Å²) in [5.74, 6) is 0.706. The highest BCUT2D eigenvalue weighted by atomic mass is 19.1. The second-order valence-corrected chi connectivity index (χ2v) is 4.90. The van der Waals surface area contributed by atoms with Crippen LogP contribution in [0.15, 0.2) is 48.7 Å². The molecule has 24 heavy (non-hydrogen) atoms. The highest BCUT2D eigenvalue weighted by Gasteiger charge is 2.09. The molecule has 0 fully saturated rings. The molecule has 0 bridgehead atoms. The molecular formula is C17H16FN5O. The SMILES string of the molecule is CNc1nc(Nc2ccc(OC)c(F)c2)cc(-c2ccccn2)n1. The predicted molar refractivity (Wildman–Crippen MR) is 91.0 cm³/mol. The second kappa shape index (κ2) is 6.91. The van der Waals surface area contributed by atoms with Gasteiger partial charge in [0.2, 0.25) is 5.95 Å². The molecule has 0 saturated carbocycles. The van der Waals surface area contributed by atoms with Crippen molar-refractivity contribution in [1.82, 2.24) is 15.0 Å². The van der Waals surface area contributed by atoms with Crippen molar-refractivity contribution in [3.63, 3.8) is 0 Å². The van der Waals surface area contributed by atoms with E-state index in [0.717, 1.165) is 5.69 Å². The smallest absolute Gasteiger partial charge is 0.225 e. The van der Waals surface area contributed by atoms with Crippen LogP contribution in [-0.2, 0) is 0 Å². The average molecular weight is 325 g/mol. The van der Waals surface area contributed by atoms with E-state index in [9.17, 15) is 4.39 Å². The van der Waals surface area contributed by atoms with Crippen LogP contribution >= 0.6 is 0 Å². The van der Waals surface area contributed by atoms with Gasteiger partial charge < -0.3 is 15.4 Å². The molecule has 0 aliphatic rings. The maximum absolute atomic E-state index is 13.8. The van der Waals surface area contributed by atoms with Crippen LogP contribution in [0.3, 0.4) is 0 Å². The van der Waals surface area contributed by atoms with Gasteiger partial charge in [-0.1, -0.05) is 6.07 Å². The Bertz CT molecular complexity index is 842. The Kier molecular flexibility index (Phi) is 4.51.